The average Bonchev–Trinajstić information content (AvgIpc) is 2.36. The van der Waals surface area contributed by atoms with Crippen molar-refractivity contribution in [3.05, 3.63) is 0 Å². The average molecular weight is 295 g/mol. The number of nitrogens with zero attached hydrogens (tertiary/aromatic N) is 1. The maximum absolute atomic E-state index is 3.83. The van der Waals surface area contributed by atoms with Crippen molar-refractivity contribution in [2.45, 2.75) is 78.7 Å². The highest BCUT2D eigenvalue weighted by atomic mass is 15.1. The first kappa shape index (κ1) is 17.3. The van der Waals surface area contributed by atoms with Crippen LogP contribution in [0.4, 0.5) is 0 Å². The lowest BCUT2D eigenvalue weighted by Crippen LogP contribution is -2.52. The molecule has 2 heteroatoms. The molecule has 2 nitrogen and oxygen atoms in total. The zero-order valence-electron chi connectivity index (χ0n) is 15.2. The molecule has 3 atom stereocenters. The van der Waals surface area contributed by atoms with E-state index in [1.54, 1.807) is 0 Å². The maximum Gasteiger partial charge on any atom is 0.00967 e. The summed E-state index contributed by atoms with van der Waals surface area (Å²) in [6, 6.07) is 0. The predicted molar refractivity (Wildman–Crippen MR) is 92.7 cm³/mol. The van der Waals surface area contributed by atoms with Gasteiger partial charge in [0, 0.05) is 25.2 Å². The fourth-order valence-corrected chi connectivity index (χ4v) is 4.49. The maximum atomic E-state index is 3.83. The van der Waals surface area contributed by atoms with Gasteiger partial charge in [-0.3, -0.25) is 0 Å². The van der Waals surface area contributed by atoms with Gasteiger partial charge < -0.3 is 10.2 Å². The Hall–Kier alpha value is -0.0800. The summed E-state index contributed by atoms with van der Waals surface area (Å²) >= 11 is 0. The van der Waals surface area contributed by atoms with Crippen LogP contribution in [0.5, 0.6) is 0 Å². The Bertz CT molecular complexity index is 320. The first-order valence-electron chi connectivity index (χ1n) is 9.25. The lowest BCUT2D eigenvalue weighted by molar-refractivity contribution is 0.0545. The molecule has 2 fully saturated rings. The second-order valence-corrected chi connectivity index (χ2v) is 9.29. The molecule has 0 radical (unpaired) electrons. The van der Waals surface area contributed by atoms with E-state index in [0.29, 0.717) is 5.41 Å². The summed E-state index contributed by atoms with van der Waals surface area (Å²) in [6.45, 7) is 17.0. The first-order chi connectivity index (χ1) is 9.78. The molecule has 1 aliphatic heterocycles. The van der Waals surface area contributed by atoms with Crippen LogP contribution in [0.1, 0.15) is 73.1 Å². The lowest BCUT2D eigenvalue weighted by Gasteiger charge is -2.46. The number of piperidine rings is 1. The molecule has 0 aromatic rings. The van der Waals surface area contributed by atoms with Crippen LogP contribution in [0.25, 0.3) is 0 Å². The van der Waals surface area contributed by atoms with Crippen molar-refractivity contribution < 1.29 is 0 Å². The molecule has 2 aliphatic rings. The number of hydrogen-bond acceptors (Lipinski definition) is 2. The Morgan fingerprint density at radius 2 is 1.81 bits per heavy atom. The molecule has 1 N–H and O–H groups in total. The van der Waals surface area contributed by atoms with Crippen molar-refractivity contribution in [3.8, 4) is 0 Å². The normalized spacial score (nSPS) is 35.9. The summed E-state index contributed by atoms with van der Waals surface area (Å²) in [4.78, 5) is 2.77. The van der Waals surface area contributed by atoms with E-state index < -0.39 is 0 Å². The van der Waals surface area contributed by atoms with Crippen LogP contribution in [0.3, 0.4) is 0 Å². The van der Waals surface area contributed by atoms with Gasteiger partial charge in [-0.2, -0.15) is 0 Å². The minimum atomic E-state index is 0.239. The van der Waals surface area contributed by atoms with Crippen LogP contribution in [0.2, 0.25) is 0 Å². The van der Waals surface area contributed by atoms with Gasteiger partial charge in [0.15, 0.2) is 0 Å². The van der Waals surface area contributed by atoms with Crippen LogP contribution in [-0.2, 0) is 0 Å². The second-order valence-electron chi connectivity index (χ2n) is 9.29. The highest BCUT2D eigenvalue weighted by Gasteiger charge is 2.37. The summed E-state index contributed by atoms with van der Waals surface area (Å²) < 4.78 is 0. The smallest absolute Gasteiger partial charge is 0.00967 e. The topological polar surface area (TPSA) is 15.3 Å². The third kappa shape index (κ3) is 5.56. The Balaban J connectivity index is 2.00. The van der Waals surface area contributed by atoms with E-state index in [-0.39, 0.29) is 5.54 Å². The molecule has 124 valence electrons. The fourth-order valence-electron chi connectivity index (χ4n) is 4.49. The fraction of sp³-hybridized carbons (Fsp3) is 1.00. The summed E-state index contributed by atoms with van der Waals surface area (Å²) in [5.74, 6) is 1.80. The predicted octanol–water partition coefficient (Wildman–Crippen LogP) is 4.30. The van der Waals surface area contributed by atoms with Crippen LogP contribution in [0.15, 0.2) is 0 Å². The molecule has 1 heterocycles. The van der Waals surface area contributed by atoms with Gasteiger partial charge in [0.25, 0.3) is 0 Å². The van der Waals surface area contributed by atoms with Gasteiger partial charge in [0.05, 0.1) is 0 Å². The van der Waals surface area contributed by atoms with Gasteiger partial charge in [-0.1, -0.05) is 26.7 Å². The molecule has 3 unspecified atom stereocenters. The largest absolute Gasteiger partial charge is 0.311 e. The summed E-state index contributed by atoms with van der Waals surface area (Å²) in [7, 11) is 0. The van der Waals surface area contributed by atoms with Gasteiger partial charge in [-0.15, -0.1) is 0 Å². The molecule has 1 aliphatic carbocycles. The number of nitrogens with one attached hydrogen (secondary N) is 1. The molecule has 0 bridgehead atoms. The molecular formula is C19H38N2. The number of likely N-dealkylation sites (tertiary alicyclic amines) is 1. The van der Waals surface area contributed by atoms with Crippen molar-refractivity contribution >= 4 is 0 Å². The van der Waals surface area contributed by atoms with Crippen LogP contribution in [-0.4, -0.2) is 36.6 Å². The van der Waals surface area contributed by atoms with Gasteiger partial charge in [-0.05, 0) is 70.3 Å². The van der Waals surface area contributed by atoms with Crippen LogP contribution >= 0.6 is 0 Å². The number of rotatable bonds is 4. The highest BCUT2D eigenvalue weighted by Crippen LogP contribution is 2.40. The molecule has 2 rings (SSSR count). The summed E-state index contributed by atoms with van der Waals surface area (Å²) in [6.07, 6.45) is 8.54. The van der Waals surface area contributed by atoms with Crippen molar-refractivity contribution in [1.82, 2.24) is 10.2 Å². The third-order valence-corrected chi connectivity index (χ3v) is 5.48. The van der Waals surface area contributed by atoms with Crippen molar-refractivity contribution in [2.75, 3.05) is 26.2 Å². The second kappa shape index (κ2) is 7.00. The monoisotopic (exact) mass is 294 g/mol. The Labute approximate surface area is 133 Å². The third-order valence-electron chi connectivity index (χ3n) is 5.48. The van der Waals surface area contributed by atoms with E-state index in [0.717, 1.165) is 11.8 Å². The molecular weight excluding hydrogens is 256 g/mol. The molecule has 0 amide bonds. The van der Waals surface area contributed by atoms with E-state index in [1.807, 2.05) is 0 Å². The molecule has 0 aromatic heterocycles. The quantitative estimate of drug-likeness (QED) is 0.831. The van der Waals surface area contributed by atoms with Gasteiger partial charge >= 0.3 is 0 Å². The van der Waals surface area contributed by atoms with E-state index >= 15 is 0 Å². The molecule has 21 heavy (non-hydrogen) atoms. The molecule has 1 saturated heterocycles. The zero-order chi connectivity index (χ0) is 15.5. The summed E-state index contributed by atoms with van der Waals surface area (Å²) in [5.41, 5.74) is 0.755. The van der Waals surface area contributed by atoms with Crippen LogP contribution in [0, 0.1) is 17.3 Å². The van der Waals surface area contributed by atoms with E-state index in [1.165, 1.54) is 64.7 Å². The van der Waals surface area contributed by atoms with Crippen LogP contribution < -0.4 is 5.32 Å². The van der Waals surface area contributed by atoms with Gasteiger partial charge in [0.2, 0.25) is 0 Å². The Kier molecular flexibility index (Phi) is 5.76. The van der Waals surface area contributed by atoms with Crippen molar-refractivity contribution in [2.24, 2.45) is 17.3 Å². The van der Waals surface area contributed by atoms with E-state index in [4.69, 9.17) is 0 Å². The van der Waals surface area contributed by atoms with Gasteiger partial charge in [-0.25, -0.2) is 0 Å². The Morgan fingerprint density at radius 3 is 2.43 bits per heavy atom. The standard InChI is InChI=1S/C19H38N2/c1-16-8-6-10-19(12-16,14-20-18(3,4)5)15-21-11-7-9-17(2)13-21/h16-17,20H,6-15H2,1-5H3. The van der Waals surface area contributed by atoms with Crippen molar-refractivity contribution in [1.29, 1.82) is 0 Å². The number of hydrogen-bond donors (Lipinski definition) is 1. The Morgan fingerprint density at radius 1 is 1.10 bits per heavy atom. The lowest BCUT2D eigenvalue weighted by atomic mass is 9.69. The van der Waals surface area contributed by atoms with Crippen molar-refractivity contribution in [3.63, 3.8) is 0 Å². The van der Waals surface area contributed by atoms with Gasteiger partial charge in [0.1, 0.15) is 0 Å². The molecule has 1 saturated carbocycles. The molecule has 0 spiro atoms. The first-order valence-corrected chi connectivity index (χ1v) is 9.25. The minimum absolute atomic E-state index is 0.239. The minimum Gasteiger partial charge on any atom is -0.311 e. The molecule has 0 aromatic carbocycles. The summed E-state index contributed by atoms with van der Waals surface area (Å²) in [5, 5.41) is 3.83. The highest BCUT2D eigenvalue weighted by molar-refractivity contribution is 4.92. The van der Waals surface area contributed by atoms with E-state index in [2.05, 4.69) is 44.8 Å². The SMILES string of the molecule is CC1CCCN(CC2(CNC(C)(C)C)CCCC(C)C2)C1. The zero-order valence-corrected chi connectivity index (χ0v) is 15.2. The van der Waals surface area contributed by atoms with E-state index in [9.17, 15) is 0 Å².